The first-order chi connectivity index (χ1) is 15.1. The fraction of sp³-hybridized carbons (Fsp3) is 0.273. The first kappa shape index (κ1) is 22.1. The third-order valence-electron chi connectivity index (χ3n) is 4.38. The third kappa shape index (κ3) is 6.18. The number of aliphatic imine (C=N–C) groups is 1. The second-order valence-electron chi connectivity index (χ2n) is 6.46. The Hall–Kier alpha value is -3.62. The van der Waals surface area contributed by atoms with Gasteiger partial charge in [0.15, 0.2) is 17.5 Å². The van der Waals surface area contributed by atoms with Crippen LogP contribution < -0.4 is 20.1 Å². The fourth-order valence-electron chi connectivity index (χ4n) is 3.01. The monoisotopic (exact) mass is 429 g/mol. The van der Waals surface area contributed by atoms with Crippen LogP contribution in [0.25, 0.3) is 5.69 Å². The zero-order chi connectivity index (χ0) is 22.1. The van der Waals surface area contributed by atoms with Crippen molar-refractivity contribution in [1.29, 1.82) is 0 Å². The number of benzene rings is 2. The molecule has 0 fully saturated rings. The summed E-state index contributed by atoms with van der Waals surface area (Å²) in [6, 6.07) is 14.8. The lowest BCUT2D eigenvalue weighted by molar-refractivity contribution is -0.0520. The van der Waals surface area contributed by atoms with E-state index in [2.05, 4.69) is 20.7 Å². The van der Waals surface area contributed by atoms with Crippen LogP contribution in [0.4, 0.5) is 8.78 Å². The third-order valence-corrected chi connectivity index (χ3v) is 4.38. The standard InChI is InChI=1S/C22H25F2N5O2/c1-3-30-19-10-5-8-17(20(19)31-21(23)24)15-27-22(25-2)26-14-16-7-4-9-18(13-16)29-12-6-11-28-29/h4-13,21H,3,14-15H2,1-2H3,(H2,25,26,27). The number of halogens is 2. The van der Waals surface area contributed by atoms with Gasteiger partial charge in [0.05, 0.1) is 12.3 Å². The van der Waals surface area contributed by atoms with Crippen molar-refractivity contribution in [2.24, 2.45) is 4.99 Å². The number of rotatable bonds is 9. The Morgan fingerprint density at radius 2 is 1.94 bits per heavy atom. The first-order valence-electron chi connectivity index (χ1n) is 9.83. The number of aromatic nitrogens is 2. The van der Waals surface area contributed by atoms with E-state index < -0.39 is 6.61 Å². The minimum absolute atomic E-state index is 0.0224. The highest BCUT2D eigenvalue weighted by Crippen LogP contribution is 2.32. The number of nitrogens with zero attached hydrogens (tertiary/aromatic N) is 3. The van der Waals surface area contributed by atoms with Gasteiger partial charge in [-0.05, 0) is 36.8 Å². The van der Waals surface area contributed by atoms with E-state index in [0.29, 0.717) is 24.7 Å². The molecule has 0 saturated heterocycles. The Morgan fingerprint density at radius 1 is 1.13 bits per heavy atom. The zero-order valence-electron chi connectivity index (χ0n) is 17.4. The van der Waals surface area contributed by atoms with Crippen LogP contribution in [0.5, 0.6) is 11.5 Å². The summed E-state index contributed by atoms with van der Waals surface area (Å²) < 4.78 is 37.7. The van der Waals surface area contributed by atoms with E-state index in [4.69, 9.17) is 9.47 Å². The Morgan fingerprint density at radius 3 is 2.65 bits per heavy atom. The van der Waals surface area contributed by atoms with Gasteiger partial charge in [-0.25, -0.2) is 4.68 Å². The molecule has 164 valence electrons. The average molecular weight is 429 g/mol. The van der Waals surface area contributed by atoms with Gasteiger partial charge in [-0.3, -0.25) is 4.99 Å². The van der Waals surface area contributed by atoms with Gasteiger partial charge in [0.1, 0.15) is 0 Å². The molecular formula is C22H25F2N5O2. The summed E-state index contributed by atoms with van der Waals surface area (Å²) in [5.74, 6) is 0.823. The predicted octanol–water partition coefficient (Wildman–Crippen LogP) is 3.74. The fourth-order valence-corrected chi connectivity index (χ4v) is 3.01. The van der Waals surface area contributed by atoms with E-state index in [1.54, 1.807) is 43.0 Å². The number of guanidine groups is 1. The zero-order valence-corrected chi connectivity index (χ0v) is 17.4. The van der Waals surface area contributed by atoms with Gasteiger partial charge >= 0.3 is 6.61 Å². The average Bonchev–Trinajstić information content (AvgIpc) is 3.31. The maximum atomic E-state index is 12.9. The van der Waals surface area contributed by atoms with Gasteiger partial charge in [-0.15, -0.1) is 0 Å². The van der Waals surface area contributed by atoms with Gasteiger partial charge < -0.3 is 20.1 Å². The maximum absolute atomic E-state index is 12.9. The van der Waals surface area contributed by atoms with Crippen molar-refractivity contribution in [3.63, 3.8) is 0 Å². The Bertz CT molecular complexity index is 993. The van der Waals surface area contributed by atoms with Crippen molar-refractivity contribution >= 4 is 5.96 Å². The van der Waals surface area contributed by atoms with Gasteiger partial charge in [0.25, 0.3) is 0 Å². The highest BCUT2D eigenvalue weighted by molar-refractivity contribution is 5.79. The number of ether oxygens (including phenoxy) is 2. The van der Waals surface area contributed by atoms with Crippen LogP contribution in [0.1, 0.15) is 18.1 Å². The van der Waals surface area contributed by atoms with Crippen molar-refractivity contribution in [3.8, 4) is 17.2 Å². The van der Waals surface area contributed by atoms with E-state index in [1.807, 2.05) is 36.5 Å². The van der Waals surface area contributed by atoms with Crippen LogP contribution >= 0.6 is 0 Å². The molecule has 0 unspecified atom stereocenters. The first-order valence-corrected chi connectivity index (χ1v) is 9.83. The summed E-state index contributed by atoms with van der Waals surface area (Å²) in [6.45, 7) is -0.0640. The molecule has 3 rings (SSSR count). The van der Waals surface area contributed by atoms with E-state index >= 15 is 0 Å². The van der Waals surface area contributed by atoms with Crippen LogP contribution in [0.3, 0.4) is 0 Å². The van der Waals surface area contributed by atoms with Crippen LogP contribution in [-0.2, 0) is 13.1 Å². The Kier molecular flexibility index (Phi) is 7.80. The highest BCUT2D eigenvalue weighted by atomic mass is 19.3. The molecule has 0 aliphatic carbocycles. The second-order valence-corrected chi connectivity index (χ2v) is 6.46. The summed E-state index contributed by atoms with van der Waals surface area (Å²) in [5.41, 5.74) is 2.53. The van der Waals surface area contributed by atoms with E-state index in [0.717, 1.165) is 11.3 Å². The molecule has 0 aliphatic heterocycles. The molecule has 0 spiro atoms. The molecule has 1 heterocycles. The second kappa shape index (κ2) is 11.0. The summed E-state index contributed by atoms with van der Waals surface area (Å²) in [7, 11) is 1.64. The minimum atomic E-state index is -2.94. The molecular weight excluding hydrogens is 404 g/mol. The molecule has 0 bridgehead atoms. The smallest absolute Gasteiger partial charge is 0.387 e. The van der Waals surface area contributed by atoms with E-state index in [1.165, 1.54) is 0 Å². The number of hydrogen-bond acceptors (Lipinski definition) is 4. The van der Waals surface area contributed by atoms with Crippen molar-refractivity contribution in [2.45, 2.75) is 26.6 Å². The van der Waals surface area contributed by atoms with Crippen molar-refractivity contribution in [3.05, 3.63) is 72.1 Å². The molecule has 2 N–H and O–H groups in total. The number of para-hydroxylation sites is 1. The SMILES string of the molecule is CCOc1cccc(CNC(=NC)NCc2cccc(-n3cccn3)c2)c1OC(F)F. The molecule has 0 amide bonds. The molecule has 0 aliphatic rings. The molecule has 0 atom stereocenters. The van der Waals surface area contributed by atoms with Crippen molar-refractivity contribution < 1.29 is 18.3 Å². The molecule has 9 heteroatoms. The van der Waals surface area contributed by atoms with Gasteiger partial charge in [0.2, 0.25) is 0 Å². The normalized spacial score (nSPS) is 11.5. The summed E-state index contributed by atoms with van der Waals surface area (Å²) >= 11 is 0. The molecule has 0 saturated carbocycles. The molecule has 7 nitrogen and oxygen atoms in total. The number of alkyl halides is 2. The van der Waals surface area contributed by atoms with Gasteiger partial charge in [0, 0.05) is 38.1 Å². The molecule has 2 aromatic carbocycles. The predicted molar refractivity (Wildman–Crippen MR) is 115 cm³/mol. The summed E-state index contributed by atoms with van der Waals surface area (Å²) in [4.78, 5) is 4.20. The van der Waals surface area contributed by atoms with Gasteiger partial charge in [-0.2, -0.15) is 13.9 Å². The van der Waals surface area contributed by atoms with Crippen LogP contribution in [0.15, 0.2) is 65.9 Å². The van der Waals surface area contributed by atoms with Crippen LogP contribution in [0, 0.1) is 0 Å². The van der Waals surface area contributed by atoms with Crippen molar-refractivity contribution in [1.82, 2.24) is 20.4 Å². The molecule has 3 aromatic rings. The summed E-state index contributed by atoms with van der Waals surface area (Å²) in [5, 5.41) is 10.6. The Balaban J connectivity index is 1.64. The van der Waals surface area contributed by atoms with Crippen molar-refractivity contribution in [2.75, 3.05) is 13.7 Å². The quantitative estimate of drug-likeness (QED) is 0.401. The molecule has 1 aromatic heterocycles. The van der Waals surface area contributed by atoms with E-state index in [-0.39, 0.29) is 18.0 Å². The highest BCUT2D eigenvalue weighted by Gasteiger charge is 2.16. The lowest BCUT2D eigenvalue weighted by Crippen LogP contribution is -2.36. The van der Waals surface area contributed by atoms with Gasteiger partial charge in [-0.1, -0.05) is 24.3 Å². The lowest BCUT2D eigenvalue weighted by Gasteiger charge is -2.17. The lowest BCUT2D eigenvalue weighted by atomic mass is 10.2. The minimum Gasteiger partial charge on any atom is -0.490 e. The summed E-state index contributed by atoms with van der Waals surface area (Å²) in [6.07, 6.45) is 3.60. The number of hydrogen-bond donors (Lipinski definition) is 2. The topological polar surface area (TPSA) is 72.7 Å². The Labute approximate surface area is 179 Å². The molecule has 0 radical (unpaired) electrons. The largest absolute Gasteiger partial charge is 0.490 e. The van der Waals surface area contributed by atoms with E-state index in [9.17, 15) is 8.78 Å². The maximum Gasteiger partial charge on any atom is 0.387 e. The van der Waals surface area contributed by atoms with Crippen LogP contribution in [-0.4, -0.2) is 36.0 Å². The molecule has 31 heavy (non-hydrogen) atoms. The van der Waals surface area contributed by atoms with Crippen LogP contribution in [0.2, 0.25) is 0 Å². The number of nitrogens with one attached hydrogen (secondary N) is 2.